The Morgan fingerprint density at radius 3 is 2.20 bits per heavy atom. The van der Waals surface area contributed by atoms with E-state index in [1.165, 1.54) is 12.7 Å². The van der Waals surface area contributed by atoms with Crippen molar-refractivity contribution in [3.05, 3.63) is 131 Å². The number of hydrogen-bond donors (Lipinski definition) is 0. The van der Waals surface area contributed by atoms with Crippen molar-refractivity contribution in [2.45, 2.75) is 31.7 Å². The minimum absolute atomic E-state index is 0.00710. The van der Waals surface area contributed by atoms with Gasteiger partial charge in [0.15, 0.2) is 5.82 Å². The summed E-state index contributed by atoms with van der Waals surface area (Å²) in [7, 11) is 4.90. The van der Waals surface area contributed by atoms with Crippen LogP contribution in [0.2, 0.25) is 0 Å². The van der Waals surface area contributed by atoms with E-state index in [-0.39, 0.29) is 29.5 Å². The molecule has 0 saturated carbocycles. The molecule has 0 aliphatic carbocycles. The molecule has 0 radical (unpaired) electrons. The molecule has 0 N–H and O–H groups in total. The SMILES string of the molecule is COC(=O)c1ccc(Cn2c(C(=O)C3CCN(CCC(CN(C)C(=O)c4ccccc4)c4ccc(OC)cc4)CC3)nc3ccccc32)cc1. The second kappa shape index (κ2) is 16.0. The van der Waals surface area contributed by atoms with Crippen LogP contribution in [0.4, 0.5) is 0 Å². The highest BCUT2D eigenvalue weighted by Gasteiger charge is 2.30. The summed E-state index contributed by atoms with van der Waals surface area (Å²) in [4.78, 5) is 48.3. The molecule has 50 heavy (non-hydrogen) atoms. The van der Waals surface area contributed by atoms with Gasteiger partial charge in [-0.1, -0.05) is 54.6 Å². The van der Waals surface area contributed by atoms with Crippen LogP contribution >= 0.6 is 0 Å². The number of amides is 1. The van der Waals surface area contributed by atoms with Gasteiger partial charge in [0.25, 0.3) is 5.91 Å². The Kier molecular flexibility index (Phi) is 11.0. The number of nitrogens with zero attached hydrogens (tertiary/aromatic N) is 4. The average molecular weight is 673 g/mol. The first-order chi connectivity index (χ1) is 24.3. The highest BCUT2D eigenvalue weighted by molar-refractivity contribution is 5.98. The summed E-state index contributed by atoms with van der Waals surface area (Å²) < 4.78 is 12.2. The Morgan fingerprint density at radius 1 is 0.840 bits per heavy atom. The van der Waals surface area contributed by atoms with Crippen LogP contribution in [-0.4, -0.2) is 84.5 Å². The normalized spacial score (nSPS) is 14.3. The summed E-state index contributed by atoms with van der Waals surface area (Å²) in [5.41, 5.74) is 5.00. The number of methoxy groups -OCH3 is 2. The highest BCUT2D eigenvalue weighted by Crippen LogP contribution is 2.28. The fourth-order valence-corrected chi connectivity index (χ4v) is 6.86. The third-order valence-electron chi connectivity index (χ3n) is 9.79. The number of Topliss-reactive ketones (excluding diaryl/α,β-unsaturated/α-hetero) is 1. The van der Waals surface area contributed by atoms with Gasteiger partial charge in [0.2, 0.25) is 5.78 Å². The number of esters is 1. The largest absolute Gasteiger partial charge is 0.497 e. The van der Waals surface area contributed by atoms with E-state index >= 15 is 0 Å². The van der Waals surface area contributed by atoms with Gasteiger partial charge in [0, 0.05) is 37.5 Å². The van der Waals surface area contributed by atoms with Crippen LogP contribution < -0.4 is 4.74 Å². The number of ketones is 1. The molecule has 0 bridgehead atoms. The second-order valence-corrected chi connectivity index (χ2v) is 13.0. The second-order valence-electron chi connectivity index (χ2n) is 13.0. The molecule has 1 fully saturated rings. The number of fused-ring (bicyclic) bond motifs is 1. The number of hydrogen-bond acceptors (Lipinski definition) is 7. The predicted molar refractivity (Wildman–Crippen MR) is 194 cm³/mol. The Labute approximate surface area is 293 Å². The fourth-order valence-electron chi connectivity index (χ4n) is 6.86. The number of likely N-dealkylation sites (N-methyl/N-ethyl adjacent to an activating group) is 1. The quantitative estimate of drug-likeness (QED) is 0.101. The van der Waals surface area contributed by atoms with Crippen molar-refractivity contribution in [1.82, 2.24) is 19.4 Å². The Morgan fingerprint density at radius 2 is 1.52 bits per heavy atom. The summed E-state index contributed by atoms with van der Waals surface area (Å²) in [5.74, 6) is 1.01. The van der Waals surface area contributed by atoms with Gasteiger partial charge < -0.3 is 23.8 Å². The number of piperidine rings is 1. The molecule has 1 unspecified atom stereocenters. The van der Waals surface area contributed by atoms with Gasteiger partial charge in [-0.2, -0.15) is 0 Å². The van der Waals surface area contributed by atoms with Crippen LogP contribution in [0.25, 0.3) is 11.0 Å². The molecule has 9 nitrogen and oxygen atoms in total. The minimum atomic E-state index is -0.381. The molecule has 9 heteroatoms. The van der Waals surface area contributed by atoms with Crippen molar-refractivity contribution < 1.29 is 23.9 Å². The topological polar surface area (TPSA) is 94.0 Å². The standard InChI is InChI=1S/C41H44N4O5/c1-43(40(47)32-9-5-4-6-10-32)28-34(30-17-19-35(49-2)20-18-30)23-26-44-24-21-31(22-25-44)38(46)39-42-36-11-7-8-12-37(36)45(39)27-29-13-15-33(16-14-29)41(48)50-3/h4-20,31,34H,21-28H2,1-3H3. The molecule has 1 atom stereocenters. The summed E-state index contributed by atoms with van der Waals surface area (Å²) in [6, 6.07) is 32.6. The molecular weight excluding hydrogens is 628 g/mol. The van der Waals surface area contributed by atoms with Gasteiger partial charge in [-0.15, -0.1) is 0 Å². The molecule has 4 aromatic carbocycles. The third kappa shape index (κ3) is 7.95. The van der Waals surface area contributed by atoms with Gasteiger partial charge >= 0.3 is 5.97 Å². The fraction of sp³-hybridized carbons (Fsp3) is 0.317. The van der Waals surface area contributed by atoms with Crippen LogP contribution in [-0.2, 0) is 11.3 Å². The zero-order valence-corrected chi connectivity index (χ0v) is 29.0. The molecule has 1 amide bonds. The monoisotopic (exact) mass is 672 g/mol. The van der Waals surface area contributed by atoms with Gasteiger partial charge in [0.1, 0.15) is 5.75 Å². The van der Waals surface area contributed by atoms with Crippen molar-refractivity contribution in [1.29, 1.82) is 0 Å². The molecule has 0 spiro atoms. The van der Waals surface area contributed by atoms with E-state index in [4.69, 9.17) is 14.5 Å². The van der Waals surface area contributed by atoms with Gasteiger partial charge in [-0.3, -0.25) is 9.59 Å². The molecule has 258 valence electrons. The first kappa shape index (κ1) is 34.6. The Hall–Kier alpha value is -5.28. The van der Waals surface area contributed by atoms with Crippen LogP contribution in [0, 0.1) is 5.92 Å². The Balaban J connectivity index is 1.11. The summed E-state index contributed by atoms with van der Waals surface area (Å²) >= 11 is 0. The van der Waals surface area contributed by atoms with Crippen molar-refractivity contribution in [2.75, 3.05) is 47.4 Å². The first-order valence-corrected chi connectivity index (χ1v) is 17.2. The number of para-hydroxylation sites is 2. The molecule has 1 aromatic heterocycles. The first-order valence-electron chi connectivity index (χ1n) is 17.2. The number of imidazole rings is 1. The van der Waals surface area contributed by atoms with Gasteiger partial charge in [0.05, 0.1) is 30.8 Å². The lowest BCUT2D eigenvalue weighted by molar-refractivity contribution is 0.0600. The van der Waals surface area contributed by atoms with E-state index in [1.54, 1.807) is 19.2 Å². The van der Waals surface area contributed by atoms with Crippen molar-refractivity contribution in [3.63, 3.8) is 0 Å². The smallest absolute Gasteiger partial charge is 0.337 e. The van der Waals surface area contributed by atoms with E-state index in [9.17, 15) is 14.4 Å². The maximum Gasteiger partial charge on any atom is 0.337 e. The molecule has 1 saturated heterocycles. The molecule has 1 aliphatic rings. The lowest BCUT2D eigenvalue weighted by atomic mass is 9.90. The number of aromatic nitrogens is 2. The van der Waals surface area contributed by atoms with Crippen molar-refractivity contribution in [2.24, 2.45) is 5.92 Å². The summed E-state index contributed by atoms with van der Waals surface area (Å²) in [5, 5.41) is 0. The number of benzene rings is 4. The van der Waals surface area contributed by atoms with E-state index in [0.717, 1.165) is 61.2 Å². The lowest BCUT2D eigenvalue weighted by Crippen LogP contribution is -2.38. The number of rotatable bonds is 13. The third-order valence-corrected chi connectivity index (χ3v) is 9.79. The number of carbonyl (C=O) groups excluding carboxylic acids is 3. The number of ether oxygens (including phenoxy) is 2. The van der Waals surface area contributed by atoms with Crippen LogP contribution in [0.15, 0.2) is 103 Å². The van der Waals surface area contributed by atoms with Crippen LogP contribution in [0.3, 0.4) is 0 Å². The Bertz CT molecular complexity index is 1910. The molecule has 5 aromatic rings. The molecular formula is C41H44N4O5. The van der Waals surface area contributed by atoms with E-state index in [1.807, 2.05) is 95.4 Å². The average Bonchev–Trinajstić information content (AvgIpc) is 3.54. The number of likely N-dealkylation sites (tertiary alicyclic amines) is 1. The van der Waals surface area contributed by atoms with E-state index in [0.29, 0.717) is 30.0 Å². The van der Waals surface area contributed by atoms with Gasteiger partial charge in [-0.25, -0.2) is 9.78 Å². The maximum atomic E-state index is 14.1. The minimum Gasteiger partial charge on any atom is -0.497 e. The molecule has 2 heterocycles. The van der Waals surface area contributed by atoms with Crippen molar-refractivity contribution in [3.8, 4) is 5.75 Å². The van der Waals surface area contributed by atoms with Crippen LogP contribution in [0.5, 0.6) is 5.75 Å². The molecule has 1 aliphatic heterocycles. The van der Waals surface area contributed by atoms with E-state index < -0.39 is 0 Å². The summed E-state index contributed by atoms with van der Waals surface area (Å²) in [6.45, 7) is 3.57. The zero-order valence-electron chi connectivity index (χ0n) is 29.0. The maximum absolute atomic E-state index is 14.1. The lowest BCUT2D eigenvalue weighted by Gasteiger charge is -2.33. The van der Waals surface area contributed by atoms with Crippen LogP contribution in [0.1, 0.15) is 67.6 Å². The number of carbonyl (C=O) groups is 3. The molecule has 6 rings (SSSR count). The zero-order chi connectivity index (χ0) is 35.0. The predicted octanol–water partition coefficient (Wildman–Crippen LogP) is 6.72. The van der Waals surface area contributed by atoms with Crippen molar-refractivity contribution >= 4 is 28.7 Å². The highest BCUT2D eigenvalue weighted by atomic mass is 16.5. The van der Waals surface area contributed by atoms with E-state index in [2.05, 4.69) is 17.0 Å². The summed E-state index contributed by atoms with van der Waals surface area (Å²) in [6.07, 6.45) is 2.40. The van der Waals surface area contributed by atoms with Gasteiger partial charge in [-0.05, 0) is 98.6 Å².